The lowest BCUT2D eigenvalue weighted by Crippen LogP contribution is -2.44. The molecule has 0 radical (unpaired) electrons. The molecule has 0 spiro atoms. The topological polar surface area (TPSA) is 64.6 Å². The summed E-state index contributed by atoms with van der Waals surface area (Å²) in [5, 5.41) is 0. The van der Waals surface area contributed by atoms with Crippen LogP contribution in [0.1, 0.15) is 69.0 Å². The van der Waals surface area contributed by atoms with E-state index in [1.165, 1.54) is 12.8 Å². The number of fused-ring (bicyclic) bond motifs is 1. The summed E-state index contributed by atoms with van der Waals surface area (Å²) in [5.41, 5.74) is 2.21. The van der Waals surface area contributed by atoms with E-state index in [1.807, 2.05) is 4.90 Å². The molecule has 2 fully saturated rings. The van der Waals surface area contributed by atoms with Gasteiger partial charge in [0.15, 0.2) is 0 Å². The van der Waals surface area contributed by atoms with Crippen LogP contribution in [-0.2, 0) is 22.4 Å². The van der Waals surface area contributed by atoms with Crippen molar-refractivity contribution in [2.45, 2.75) is 70.8 Å². The van der Waals surface area contributed by atoms with Crippen LogP contribution < -0.4 is 4.74 Å². The van der Waals surface area contributed by atoms with Crippen LogP contribution >= 0.6 is 0 Å². The molecule has 1 unspecified atom stereocenters. The lowest BCUT2D eigenvalue weighted by atomic mass is 10.0. The van der Waals surface area contributed by atoms with E-state index in [9.17, 15) is 4.79 Å². The normalized spacial score (nSPS) is 23.1. The van der Waals surface area contributed by atoms with Crippen LogP contribution in [-0.4, -0.2) is 53.2 Å². The molecule has 6 nitrogen and oxygen atoms in total. The van der Waals surface area contributed by atoms with Gasteiger partial charge in [-0.25, -0.2) is 4.98 Å². The third-order valence-corrected chi connectivity index (χ3v) is 5.59. The molecule has 0 N–H and O–H groups in total. The van der Waals surface area contributed by atoms with Crippen LogP contribution in [0.25, 0.3) is 0 Å². The Balaban J connectivity index is 1.51. The molecule has 1 aromatic rings. The minimum atomic E-state index is 0.0186. The first-order valence-corrected chi connectivity index (χ1v) is 10.5. The number of ether oxygens (including phenoxy) is 2. The van der Waals surface area contributed by atoms with E-state index in [2.05, 4.69) is 13.8 Å². The number of likely N-dealkylation sites (tertiary alicyclic amines) is 1. The number of aromatic nitrogens is 2. The van der Waals surface area contributed by atoms with E-state index in [1.54, 1.807) is 0 Å². The van der Waals surface area contributed by atoms with Gasteiger partial charge in [0.25, 0.3) is 0 Å². The fourth-order valence-corrected chi connectivity index (χ4v) is 3.95. The second-order valence-corrected chi connectivity index (χ2v) is 8.52. The molecule has 1 amide bonds. The predicted octanol–water partition coefficient (Wildman–Crippen LogP) is 2.89. The van der Waals surface area contributed by atoms with Crippen molar-refractivity contribution in [2.75, 3.05) is 26.3 Å². The summed E-state index contributed by atoms with van der Waals surface area (Å²) in [6, 6.07) is 0. The Morgan fingerprint density at radius 3 is 2.81 bits per heavy atom. The minimum Gasteiger partial charge on any atom is -0.472 e. The van der Waals surface area contributed by atoms with Crippen LogP contribution in [0.2, 0.25) is 0 Å². The smallest absolute Gasteiger partial charge is 0.222 e. The molecule has 148 valence electrons. The second-order valence-electron chi connectivity index (χ2n) is 8.52. The van der Waals surface area contributed by atoms with Crippen LogP contribution in [0.3, 0.4) is 0 Å². The van der Waals surface area contributed by atoms with Gasteiger partial charge in [-0.3, -0.25) is 4.79 Å². The van der Waals surface area contributed by atoms with Crippen molar-refractivity contribution in [3.8, 4) is 5.88 Å². The monoisotopic (exact) mass is 373 g/mol. The quantitative estimate of drug-likeness (QED) is 0.794. The summed E-state index contributed by atoms with van der Waals surface area (Å²) in [7, 11) is 0. The number of amides is 1. The molecule has 27 heavy (non-hydrogen) atoms. The largest absolute Gasteiger partial charge is 0.472 e. The van der Waals surface area contributed by atoms with Crippen molar-refractivity contribution < 1.29 is 14.3 Å². The van der Waals surface area contributed by atoms with Gasteiger partial charge in [0.1, 0.15) is 11.9 Å². The number of piperidine rings is 1. The third kappa shape index (κ3) is 4.60. The fourth-order valence-electron chi connectivity index (χ4n) is 3.95. The van der Waals surface area contributed by atoms with Gasteiger partial charge < -0.3 is 14.4 Å². The van der Waals surface area contributed by atoms with Crippen LogP contribution in [0.5, 0.6) is 5.88 Å². The summed E-state index contributed by atoms with van der Waals surface area (Å²) in [6.45, 7) is 7.10. The molecular formula is C21H31N3O3. The highest BCUT2D eigenvalue weighted by molar-refractivity contribution is 5.76. The Morgan fingerprint density at radius 1 is 1.22 bits per heavy atom. The Morgan fingerprint density at radius 2 is 2.04 bits per heavy atom. The van der Waals surface area contributed by atoms with E-state index < -0.39 is 0 Å². The first kappa shape index (κ1) is 18.7. The first-order valence-electron chi connectivity index (χ1n) is 10.5. The van der Waals surface area contributed by atoms with E-state index in [4.69, 9.17) is 19.4 Å². The molecule has 6 heteroatoms. The van der Waals surface area contributed by atoms with Crippen molar-refractivity contribution in [1.82, 2.24) is 14.9 Å². The molecule has 0 bridgehead atoms. The lowest BCUT2D eigenvalue weighted by molar-refractivity contribution is -0.134. The first-order chi connectivity index (χ1) is 13.1. The minimum absolute atomic E-state index is 0.0186. The SMILES string of the molecule is CC(C)CC(=O)N1CCCC(Oc2nc(C3CC3)nc3c2CCOCC3)C1. The van der Waals surface area contributed by atoms with Gasteiger partial charge in [0, 0.05) is 37.3 Å². The highest BCUT2D eigenvalue weighted by Gasteiger charge is 2.31. The van der Waals surface area contributed by atoms with Crippen molar-refractivity contribution >= 4 is 5.91 Å². The molecule has 3 aliphatic rings. The molecule has 1 saturated carbocycles. The number of rotatable bonds is 5. The average Bonchev–Trinajstić information content (AvgIpc) is 3.48. The maximum Gasteiger partial charge on any atom is 0.222 e. The average molecular weight is 373 g/mol. The predicted molar refractivity (Wildman–Crippen MR) is 102 cm³/mol. The molecule has 4 rings (SSSR count). The fraction of sp³-hybridized carbons (Fsp3) is 0.762. The zero-order chi connectivity index (χ0) is 18.8. The van der Waals surface area contributed by atoms with Crippen LogP contribution in [0.4, 0.5) is 0 Å². The summed E-state index contributed by atoms with van der Waals surface area (Å²) in [4.78, 5) is 24.1. The molecule has 2 aliphatic heterocycles. The van der Waals surface area contributed by atoms with Gasteiger partial charge in [-0.05, 0) is 31.6 Å². The Labute approximate surface area is 161 Å². The van der Waals surface area contributed by atoms with Gasteiger partial charge in [0.2, 0.25) is 11.8 Å². The van der Waals surface area contributed by atoms with Crippen molar-refractivity contribution in [3.63, 3.8) is 0 Å². The molecule has 0 aromatic carbocycles. The zero-order valence-electron chi connectivity index (χ0n) is 16.6. The van der Waals surface area contributed by atoms with Gasteiger partial charge in [-0.1, -0.05) is 13.8 Å². The number of nitrogens with zero attached hydrogens (tertiary/aromatic N) is 3. The van der Waals surface area contributed by atoms with Gasteiger partial charge in [-0.15, -0.1) is 0 Å². The Bertz CT molecular complexity index is 687. The van der Waals surface area contributed by atoms with Crippen molar-refractivity contribution in [3.05, 3.63) is 17.1 Å². The van der Waals surface area contributed by atoms with E-state index in [0.717, 1.165) is 55.2 Å². The molecule has 1 aliphatic carbocycles. The Hall–Kier alpha value is -1.69. The second kappa shape index (κ2) is 8.13. The molecule has 3 heterocycles. The number of carbonyl (C=O) groups excluding carboxylic acids is 1. The maximum absolute atomic E-state index is 12.5. The van der Waals surface area contributed by atoms with Gasteiger partial charge >= 0.3 is 0 Å². The van der Waals surface area contributed by atoms with Crippen molar-refractivity contribution in [1.29, 1.82) is 0 Å². The number of carbonyl (C=O) groups is 1. The van der Waals surface area contributed by atoms with E-state index in [-0.39, 0.29) is 12.0 Å². The Kier molecular flexibility index (Phi) is 5.62. The van der Waals surface area contributed by atoms with Crippen molar-refractivity contribution in [2.24, 2.45) is 5.92 Å². The van der Waals surface area contributed by atoms with Gasteiger partial charge in [0.05, 0.1) is 25.5 Å². The highest BCUT2D eigenvalue weighted by atomic mass is 16.5. The standard InChI is InChI=1S/C21H31N3O3/c1-14(2)12-19(25)24-9-3-4-16(13-24)27-21-17-7-10-26-11-8-18(17)22-20(23-21)15-5-6-15/h14-16H,3-13H2,1-2H3. The lowest BCUT2D eigenvalue weighted by Gasteiger charge is -2.33. The summed E-state index contributed by atoms with van der Waals surface area (Å²) in [5.74, 6) is 2.81. The number of hydrogen-bond acceptors (Lipinski definition) is 5. The maximum atomic E-state index is 12.5. The molecule has 1 atom stereocenters. The number of hydrogen-bond donors (Lipinski definition) is 0. The van der Waals surface area contributed by atoms with Crippen LogP contribution in [0, 0.1) is 5.92 Å². The van der Waals surface area contributed by atoms with Crippen LogP contribution in [0.15, 0.2) is 0 Å². The molecule has 1 saturated heterocycles. The van der Waals surface area contributed by atoms with E-state index in [0.29, 0.717) is 38.0 Å². The zero-order valence-corrected chi connectivity index (χ0v) is 16.6. The molecule has 1 aromatic heterocycles. The third-order valence-electron chi connectivity index (χ3n) is 5.59. The van der Waals surface area contributed by atoms with E-state index >= 15 is 0 Å². The summed E-state index contributed by atoms with van der Waals surface area (Å²) in [6.07, 6.45) is 6.57. The summed E-state index contributed by atoms with van der Waals surface area (Å²) >= 11 is 0. The molecular weight excluding hydrogens is 342 g/mol. The summed E-state index contributed by atoms with van der Waals surface area (Å²) < 4.78 is 12.1. The van der Waals surface area contributed by atoms with Gasteiger partial charge in [-0.2, -0.15) is 4.98 Å². The highest BCUT2D eigenvalue weighted by Crippen LogP contribution is 2.40.